The van der Waals surface area contributed by atoms with Crippen LogP contribution in [-0.4, -0.2) is 18.5 Å². The van der Waals surface area contributed by atoms with Crippen molar-refractivity contribution < 1.29 is 0 Å². The third-order valence-corrected chi connectivity index (χ3v) is 3.10. The summed E-state index contributed by atoms with van der Waals surface area (Å²) in [4.78, 5) is 2.41. The van der Waals surface area contributed by atoms with Gasteiger partial charge in [-0.3, -0.25) is 0 Å². The van der Waals surface area contributed by atoms with Gasteiger partial charge in [-0.05, 0) is 29.2 Å². The highest BCUT2D eigenvalue weighted by Crippen LogP contribution is 2.19. The number of hydrogen-bond acceptors (Lipinski definition) is 2. The second-order valence-electron chi connectivity index (χ2n) is 6.44. The van der Waals surface area contributed by atoms with Crippen LogP contribution in [0.5, 0.6) is 0 Å². The molecule has 0 unspecified atom stereocenters. The number of rotatable bonds is 3. The zero-order valence-corrected chi connectivity index (χ0v) is 11.5. The molecule has 1 aromatic rings. The molecule has 0 radical (unpaired) electrons. The van der Waals surface area contributed by atoms with Gasteiger partial charge in [-0.25, -0.2) is 0 Å². The van der Waals surface area contributed by atoms with E-state index in [9.17, 15) is 0 Å². The van der Waals surface area contributed by atoms with Crippen LogP contribution in [-0.2, 0) is 19.6 Å². The van der Waals surface area contributed by atoms with Gasteiger partial charge in [0.1, 0.15) is 0 Å². The third kappa shape index (κ3) is 3.55. The molecule has 0 aromatic heterocycles. The fraction of sp³-hybridized carbons (Fsp3) is 0.600. The molecule has 0 bridgehead atoms. The Hall–Kier alpha value is -0.860. The lowest BCUT2D eigenvalue weighted by molar-refractivity contribution is 0.221. The first-order valence-electron chi connectivity index (χ1n) is 6.44. The zero-order valence-electron chi connectivity index (χ0n) is 11.5. The van der Waals surface area contributed by atoms with E-state index in [1.807, 2.05) is 0 Å². The Morgan fingerprint density at radius 1 is 1.18 bits per heavy atom. The highest BCUT2D eigenvalue weighted by molar-refractivity contribution is 5.34. The van der Waals surface area contributed by atoms with E-state index >= 15 is 0 Å². The van der Waals surface area contributed by atoms with E-state index < -0.39 is 0 Å². The number of benzene rings is 1. The van der Waals surface area contributed by atoms with E-state index in [1.165, 1.54) is 16.7 Å². The number of nitrogens with zero attached hydrogens (tertiary/aromatic N) is 1. The standard InChI is InChI=1S/C15H24N2/c1-15(2,3)11-17(4)10-12-5-6-13-8-16-9-14(13)7-12/h5-7,16H,8-11H2,1-4H3. The van der Waals surface area contributed by atoms with Gasteiger partial charge < -0.3 is 10.2 Å². The summed E-state index contributed by atoms with van der Waals surface area (Å²) in [5, 5.41) is 3.39. The third-order valence-electron chi connectivity index (χ3n) is 3.10. The molecule has 1 aliphatic heterocycles. The lowest BCUT2D eigenvalue weighted by atomic mass is 9.96. The molecule has 0 amide bonds. The zero-order chi connectivity index (χ0) is 12.5. The Bertz CT molecular complexity index is 390. The van der Waals surface area contributed by atoms with Gasteiger partial charge in [0.15, 0.2) is 0 Å². The molecule has 0 aliphatic carbocycles. The van der Waals surface area contributed by atoms with Crippen molar-refractivity contribution in [2.75, 3.05) is 13.6 Å². The van der Waals surface area contributed by atoms with Crippen LogP contribution in [0.2, 0.25) is 0 Å². The Morgan fingerprint density at radius 3 is 2.59 bits per heavy atom. The molecule has 0 saturated heterocycles. The second-order valence-corrected chi connectivity index (χ2v) is 6.44. The lowest BCUT2D eigenvalue weighted by Gasteiger charge is -2.26. The fourth-order valence-corrected chi connectivity index (χ4v) is 2.62. The van der Waals surface area contributed by atoms with Crippen LogP contribution >= 0.6 is 0 Å². The van der Waals surface area contributed by atoms with Gasteiger partial charge in [-0.15, -0.1) is 0 Å². The van der Waals surface area contributed by atoms with Crippen LogP contribution in [0.3, 0.4) is 0 Å². The molecule has 0 atom stereocenters. The topological polar surface area (TPSA) is 15.3 Å². The predicted octanol–water partition coefficient (Wildman–Crippen LogP) is 2.77. The largest absolute Gasteiger partial charge is 0.309 e. The molecule has 1 heterocycles. The van der Waals surface area contributed by atoms with Crippen molar-refractivity contribution in [3.8, 4) is 0 Å². The molecule has 1 N–H and O–H groups in total. The van der Waals surface area contributed by atoms with Gasteiger partial charge in [0.2, 0.25) is 0 Å². The summed E-state index contributed by atoms with van der Waals surface area (Å²) >= 11 is 0. The van der Waals surface area contributed by atoms with E-state index in [-0.39, 0.29) is 0 Å². The first-order valence-corrected chi connectivity index (χ1v) is 6.44. The molecule has 94 valence electrons. The highest BCUT2D eigenvalue weighted by Gasteiger charge is 2.15. The van der Waals surface area contributed by atoms with Gasteiger partial charge >= 0.3 is 0 Å². The molecule has 2 rings (SSSR count). The summed E-state index contributed by atoms with van der Waals surface area (Å²) < 4.78 is 0. The molecule has 0 spiro atoms. The van der Waals surface area contributed by atoms with Crippen LogP contribution in [0.15, 0.2) is 18.2 Å². The van der Waals surface area contributed by atoms with E-state index in [1.54, 1.807) is 0 Å². The van der Waals surface area contributed by atoms with E-state index in [2.05, 4.69) is 56.2 Å². The molecule has 17 heavy (non-hydrogen) atoms. The van der Waals surface area contributed by atoms with E-state index in [0.717, 1.165) is 26.2 Å². The summed E-state index contributed by atoms with van der Waals surface area (Å²) in [5.41, 5.74) is 4.74. The molecular weight excluding hydrogens is 208 g/mol. The average Bonchev–Trinajstić information content (AvgIpc) is 2.61. The van der Waals surface area contributed by atoms with Crippen molar-refractivity contribution in [1.82, 2.24) is 10.2 Å². The van der Waals surface area contributed by atoms with Crippen molar-refractivity contribution in [3.63, 3.8) is 0 Å². The molecule has 2 heteroatoms. The van der Waals surface area contributed by atoms with Crippen molar-refractivity contribution in [3.05, 3.63) is 34.9 Å². The maximum Gasteiger partial charge on any atom is 0.0231 e. The average molecular weight is 232 g/mol. The molecule has 1 aliphatic rings. The van der Waals surface area contributed by atoms with E-state index in [4.69, 9.17) is 0 Å². The van der Waals surface area contributed by atoms with Crippen molar-refractivity contribution >= 4 is 0 Å². The Balaban J connectivity index is 1.99. The minimum absolute atomic E-state index is 0.368. The summed E-state index contributed by atoms with van der Waals surface area (Å²) in [7, 11) is 2.21. The number of hydrogen-bond donors (Lipinski definition) is 1. The van der Waals surface area contributed by atoms with Crippen LogP contribution < -0.4 is 5.32 Å². The molecular formula is C15H24N2. The van der Waals surface area contributed by atoms with Gasteiger partial charge in [0, 0.05) is 26.2 Å². The minimum atomic E-state index is 0.368. The highest BCUT2D eigenvalue weighted by atomic mass is 15.1. The smallest absolute Gasteiger partial charge is 0.0231 e. The van der Waals surface area contributed by atoms with Gasteiger partial charge in [-0.2, -0.15) is 0 Å². The molecule has 2 nitrogen and oxygen atoms in total. The Kier molecular flexibility index (Phi) is 3.55. The summed E-state index contributed by atoms with van der Waals surface area (Å²) in [6, 6.07) is 6.90. The predicted molar refractivity (Wildman–Crippen MR) is 72.8 cm³/mol. The molecule has 0 fully saturated rings. The molecule has 1 aromatic carbocycles. The quantitative estimate of drug-likeness (QED) is 0.862. The summed E-state index contributed by atoms with van der Waals surface area (Å²) in [6.45, 7) is 11.1. The Labute approximate surface area is 105 Å². The SMILES string of the molecule is CN(Cc1ccc2c(c1)CNC2)CC(C)(C)C. The normalized spacial score (nSPS) is 15.4. The summed E-state index contributed by atoms with van der Waals surface area (Å²) in [6.07, 6.45) is 0. The van der Waals surface area contributed by atoms with Crippen LogP contribution in [0.4, 0.5) is 0 Å². The van der Waals surface area contributed by atoms with Crippen molar-refractivity contribution in [1.29, 1.82) is 0 Å². The van der Waals surface area contributed by atoms with E-state index in [0.29, 0.717) is 5.41 Å². The van der Waals surface area contributed by atoms with Gasteiger partial charge in [-0.1, -0.05) is 39.0 Å². The van der Waals surface area contributed by atoms with Gasteiger partial charge in [0.05, 0.1) is 0 Å². The van der Waals surface area contributed by atoms with Crippen LogP contribution in [0.25, 0.3) is 0 Å². The fourth-order valence-electron chi connectivity index (χ4n) is 2.62. The first-order chi connectivity index (χ1) is 7.94. The number of fused-ring (bicyclic) bond motifs is 1. The minimum Gasteiger partial charge on any atom is -0.309 e. The maximum atomic E-state index is 3.39. The number of nitrogens with one attached hydrogen (secondary N) is 1. The van der Waals surface area contributed by atoms with Crippen molar-refractivity contribution in [2.24, 2.45) is 5.41 Å². The maximum absolute atomic E-state index is 3.39. The van der Waals surface area contributed by atoms with Crippen molar-refractivity contribution in [2.45, 2.75) is 40.4 Å². The second kappa shape index (κ2) is 4.79. The lowest BCUT2D eigenvalue weighted by Crippen LogP contribution is -2.28. The summed E-state index contributed by atoms with van der Waals surface area (Å²) in [5.74, 6) is 0. The van der Waals surface area contributed by atoms with Gasteiger partial charge in [0.25, 0.3) is 0 Å². The van der Waals surface area contributed by atoms with Crippen LogP contribution in [0, 0.1) is 5.41 Å². The van der Waals surface area contributed by atoms with Crippen LogP contribution in [0.1, 0.15) is 37.5 Å². The monoisotopic (exact) mass is 232 g/mol. The Morgan fingerprint density at radius 2 is 1.88 bits per heavy atom. The molecule has 0 saturated carbocycles. The first kappa shape index (κ1) is 12.6.